The van der Waals surface area contributed by atoms with Crippen LogP contribution >= 0.6 is 0 Å². The van der Waals surface area contributed by atoms with Crippen LogP contribution in [-0.4, -0.2) is 49.1 Å². The smallest absolute Gasteiger partial charge is 0.333 e. The number of hydrogen-bond acceptors (Lipinski definition) is 6. The van der Waals surface area contributed by atoms with Crippen molar-refractivity contribution in [3.63, 3.8) is 0 Å². The number of hydrogen-bond donors (Lipinski definition) is 1. The number of aliphatic hydroxyl groups excluding tert-OH is 1. The molecule has 0 saturated carbocycles. The maximum absolute atomic E-state index is 11.5. The molecule has 6 nitrogen and oxygen atoms in total. The van der Waals surface area contributed by atoms with Crippen molar-refractivity contribution in [2.75, 3.05) is 13.7 Å². The molecule has 0 amide bonds. The molecule has 0 unspecified atom stereocenters. The largest absolute Gasteiger partial charge is 0.466 e. The SMILES string of the molecule is CCOC(=O)C[C@H]1C[C@H](O)[C@@H](C)[C@@H](/C=C(/C)C(=O)OC)O1. The van der Waals surface area contributed by atoms with Crippen LogP contribution in [0, 0.1) is 5.92 Å². The first-order valence-electron chi connectivity index (χ1n) is 7.14. The summed E-state index contributed by atoms with van der Waals surface area (Å²) in [4.78, 5) is 22.9. The summed E-state index contributed by atoms with van der Waals surface area (Å²) in [6.07, 6.45) is 0.664. The van der Waals surface area contributed by atoms with E-state index >= 15 is 0 Å². The highest BCUT2D eigenvalue weighted by Crippen LogP contribution is 2.28. The molecule has 1 fully saturated rings. The minimum Gasteiger partial charge on any atom is -0.466 e. The van der Waals surface area contributed by atoms with Crippen LogP contribution in [-0.2, 0) is 23.8 Å². The summed E-state index contributed by atoms with van der Waals surface area (Å²) in [5.41, 5.74) is 0.415. The van der Waals surface area contributed by atoms with Crippen molar-refractivity contribution < 1.29 is 28.9 Å². The van der Waals surface area contributed by atoms with Crippen LogP contribution in [0.3, 0.4) is 0 Å². The Morgan fingerprint density at radius 1 is 1.43 bits per heavy atom. The molecule has 4 atom stereocenters. The van der Waals surface area contributed by atoms with Crippen molar-refractivity contribution >= 4 is 11.9 Å². The molecule has 0 aliphatic carbocycles. The van der Waals surface area contributed by atoms with Gasteiger partial charge < -0.3 is 19.3 Å². The monoisotopic (exact) mass is 300 g/mol. The molecule has 0 radical (unpaired) electrons. The number of carbonyl (C=O) groups excluding carboxylic acids is 2. The van der Waals surface area contributed by atoms with E-state index in [0.29, 0.717) is 18.6 Å². The molecule has 6 heteroatoms. The van der Waals surface area contributed by atoms with Crippen molar-refractivity contribution in [2.24, 2.45) is 5.92 Å². The van der Waals surface area contributed by atoms with Crippen LogP contribution in [0.5, 0.6) is 0 Å². The number of rotatable bonds is 5. The number of aliphatic hydroxyl groups is 1. The molecule has 0 aromatic heterocycles. The first-order valence-corrected chi connectivity index (χ1v) is 7.14. The maximum atomic E-state index is 11.5. The van der Waals surface area contributed by atoms with Crippen molar-refractivity contribution in [1.82, 2.24) is 0 Å². The van der Waals surface area contributed by atoms with Crippen LogP contribution in [0.15, 0.2) is 11.6 Å². The summed E-state index contributed by atoms with van der Waals surface area (Å²) in [6.45, 7) is 5.53. The standard InChI is InChI=1S/C15H24O6/c1-5-20-14(17)8-11-7-12(16)10(3)13(21-11)6-9(2)15(18)19-4/h6,10-13,16H,5,7-8H2,1-4H3/b9-6-/t10-,11-,12+,13-/m1/s1. The molecule has 21 heavy (non-hydrogen) atoms. The van der Waals surface area contributed by atoms with E-state index in [1.54, 1.807) is 19.9 Å². The molecule has 0 aromatic rings. The zero-order valence-electron chi connectivity index (χ0n) is 13.0. The molecule has 0 aromatic carbocycles. The summed E-state index contributed by atoms with van der Waals surface area (Å²) >= 11 is 0. The molecule has 1 rings (SSSR count). The Morgan fingerprint density at radius 3 is 2.67 bits per heavy atom. The van der Waals surface area contributed by atoms with Crippen LogP contribution in [0.4, 0.5) is 0 Å². The van der Waals surface area contributed by atoms with Crippen LogP contribution in [0.2, 0.25) is 0 Å². The van der Waals surface area contributed by atoms with E-state index in [1.807, 2.05) is 6.92 Å². The van der Waals surface area contributed by atoms with Crippen molar-refractivity contribution in [3.05, 3.63) is 11.6 Å². The first-order chi connectivity index (χ1) is 9.88. The van der Waals surface area contributed by atoms with Gasteiger partial charge in [0.2, 0.25) is 0 Å². The zero-order chi connectivity index (χ0) is 16.0. The molecule has 0 spiro atoms. The van der Waals surface area contributed by atoms with Gasteiger partial charge in [-0.3, -0.25) is 4.79 Å². The third-order valence-corrected chi connectivity index (χ3v) is 3.60. The minimum atomic E-state index is -0.593. The number of esters is 2. The molecule has 1 aliphatic rings. The van der Waals surface area contributed by atoms with E-state index in [0.717, 1.165) is 0 Å². The summed E-state index contributed by atoms with van der Waals surface area (Å²) < 4.78 is 15.3. The fourth-order valence-corrected chi connectivity index (χ4v) is 2.31. The van der Waals surface area contributed by atoms with Crippen LogP contribution in [0.1, 0.15) is 33.6 Å². The average molecular weight is 300 g/mol. The highest BCUT2D eigenvalue weighted by Gasteiger charge is 2.35. The summed E-state index contributed by atoms with van der Waals surface area (Å²) in [7, 11) is 1.31. The van der Waals surface area contributed by atoms with E-state index in [4.69, 9.17) is 9.47 Å². The molecule has 1 saturated heterocycles. The Morgan fingerprint density at radius 2 is 2.10 bits per heavy atom. The van der Waals surface area contributed by atoms with Gasteiger partial charge in [-0.15, -0.1) is 0 Å². The van der Waals surface area contributed by atoms with Crippen molar-refractivity contribution in [3.8, 4) is 0 Å². The molecular weight excluding hydrogens is 276 g/mol. The van der Waals surface area contributed by atoms with Gasteiger partial charge in [0.25, 0.3) is 0 Å². The van der Waals surface area contributed by atoms with E-state index in [-0.39, 0.29) is 18.3 Å². The molecule has 1 N–H and O–H groups in total. The van der Waals surface area contributed by atoms with Gasteiger partial charge in [0.05, 0.1) is 38.4 Å². The highest BCUT2D eigenvalue weighted by molar-refractivity contribution is 5.87. The molecule has 1 heterocycles. The Kier molecular flexibility index (Phi) is 6.84. The summed E-state index contributed by atoms with van der Waals surface area (Å²) in [5.74, 6) is -0.951. The Balaban J connectivity index is 2.74. The van der Waals surface area contributed by atoms with E-state index in [2.05, 4.69) is 4.74 Å². The quantitative estimate of drug-likeness (QED) is 0.607. The van der Waals surface area contributed by atoms with Crippen molar-refractivity contribution in [2.45, 2.75) is 51.9 Å². The van der Waals surface area contributed by atoms with Crippen LogP contribution in [0.25, 0.3) is 0 Å². The second kappa shape index (κ2) is 8.14. The number of ether oxygens (including phenoxy) is 3. The predicted molar refractivity (Wildman–Crippen MR) is 75.5 cm³/mol. The molecule has 1 aliphatic heterocycles. The van der Waals surface area contributed by atoms with Crippen LogP contribution < -0.4 is 0 Å². The molecular formula is C15H24O6. The Labute approximate surface area is 125 Å². The maximum Gasteiger partial charge on any atom is 0.333 e. The lowest BCUT2D eigenvalue weighted by atomic mass is 9.88. The van der Waals surface area contributed by atoms with E-state index in [9.17, 15) is 14.7 Å². The minimum absolute atomic E-state index is 0.0965. The predicted octanol–water partition coefficient (Wildman–Crippen LogP) is 1.21. The average Bonchev–Trinajstić information content (AvgIpc) is 2.43. The van der Waals surface area contributed by atoms with E-state index < -0.39 is 24.3 Å². The lowest BCUT2D eigenvalue weighted by Crippen LogP contribution is -2.43. The van der Waals surface area contributed by atoms with Gasteiger partial charge in [0.15, 0.2) is 0 Å². The fraction of sp³-hybridized carbons (Fsp3) is 0.733. The summed E-state index contributed by atoms with van der Waals surface area (Å²) in [6, 6.07) is 0. The molecule has 0 bridgehead atoms. The van der Waals surface area contributed by atoms with Crippen molar-refractivity contribution in [1.29, 1.82) is 0 Å². The van der Waals surface area contributed by atoms with Gasteiger partial charge in [0.1, 0.15) is 0 Å². The lowest BCUT2D eigenvalue weighted by molar-refractivity contribution is -0.155. The summed E-state index contributed by atoms with van der Waals surface area (Å²) in [5, 5.41) is 10.1. The van der Waals surface area contributed by atoms with Gasteiger partial charge in [-0.2, -0.15) is 0 Å². The van der Waals surface area contributed by atoms with Gasteiger partial charge in [-0.25, -0.2) is 4.79 Å². The van der Waals surface area contributed by atoms with Gasteiger partial charge in [0, 0.05) is 17.9 Å². The normalized spacial score (nSPS) is 29.9. The Bertz CT molecular complexity index is 403. The third kappa shape index (κ3) is 5.13. The number of carbonyl (C=O) groups is 2. The van der Waals surface area contributed by atoms with E-state index in [1.165, 1.54) is 7.11 Å². The first kappa shape index (κ1) is 17.7. The fourth-order valence-electron chi connectivity index (χ4n) is 2.31. The second-order valence-corrected chi connectivity index (χ2v) is 5.24. The highest BCUT2D eigenvalue weighted by atomic mass is 16.5. The van der Waals surface area contributed by atoms with Gasteiger partial charge in [-0.05, 0) is 19.9 Å². The molecule has 120 valence electrons. The third-order valence-electron chi connectivity index (χ3n) is 3.60. The lowest BCUT2D eigenvalue weighted by Gasteiger charge is -2.36. The number of methoxy groups -OCH3 is 1. The van der Waals surface area contributed by atoms with Gasteiger partial charge in [-0.1, -0.05) is 6.92 Å². The van der Waals surface area contributed by atoms with Gasteiger partial charge >= 0.3 is 11.9 Å². The Hall–Kier alpha value is -1.40. The topological polar surface area (TPSA) is 82.1 Å². The zero-order valence-corrected chi connectivity index (χ0v) is 13.0. The second-order valence-electron chi connectivity index (χ2n) is 5.24.